The van der Waals surface area contributed by atoms with Crippen LogP contribution in [0.2, 0.25) is 5.02 Å². The molecule has 0 aliphatic heterocycles. The number of nitrogens with two attached hydrogens (primary N) is 1. The average molecular weight is 288 g/mol. The van der Waals surface area contributed by atoms with Gasteiger partial charge in [0.25, 0.3) is 0 Å². The Morgan fingerprint density at radius 3 is 2.89 bits per heavy atom. The molecule has 1 amide bonds. The van der Waals surface area contributed by atoms with Gasteiger partial charge in [-0.2, -0.15) is 0 Å². The molecule has 0 atom stereocenters. The number of rotatable bonds is 5. The summed E-state index contributed by atoms with van der Waals surface area (Å²) in [4.78, 5) is 12.1. The first-order valence-electron chi connectivity index (χ1n) is 5.25. The van der Waals surface area contributed by atoms with Crippen LogP contribution < -0.4 is 11.1 Å². The van der Waals surface area contributed by atoms with Crippen molar-refractivity contribution >= 4 is 35.1 Å². The summed E-state index contributed by atoms with van der Waals surface area (Å²) in [6.45, 7) is 2.47. The van der Waals surface area contributed by atoms with Crippen molar-refractivity contribution in [1.82, 2.24) is 5.32 Å². The standard InChI is InChI=1S/C11H14ClN3O2S/c1-2-14-10(16)6-18-9-4-3-7(5-8(9)12)11(13)15-17/h3-5,17H,2,6H2,1H3,(H2,13,15)(H,14,16). The highest BCUT2D eigenvalue weighted by molar-refractivity contribution is 8.00. The fourth-order valence-corrected chi connectivity index (χ4v) is 2.32. The van der Waals surface area contributed by atoms with Crippen LogP contribution in [0.15, 0.2) is 28.3 Å². The molecule has 0 aliphatic carbocycles. The summed E-state index contributed by atoms with van der Waals surface area (Å²) >= 11 is 7.38. The number of amidine groups is 1. The second kappa shape index (κ2) is 7.13. The minimum atomic E-state index is -0.0425. The van der Waals surface area contributed by atoms with Gasteiger partial charge in [-0.1, -0.05) is 16.8 Å². The topological polar surface area (TPSA) is 87.7 Å². The molecule has 0 saturated carbocycles. The van der Waals surface area contributed by atoms with Crippen LogP contribution in [0, 0.1) is 0 Å². The maximum atomic E-state index is 11.3. The molecule has 0 heterocycles. The van der Waals surface area contributed by atoms with Gasteiger partial charge in [-0.3, -0.25) is 4.79 Å². The van der Waals surface area contributed by atoms with Crippen LogP contribution >= 0.6 is 23.4 Å². The number of nitrogens with one attached hydrogen (secondary N) is 1. The number of benzene rings is 1. The van der Waals surface area contributed by atoms with E-state index in [1.165, 1.54) is 11.8 Å². The highest BCUT2D eigenvalue weighted by Crippen LogP contribution is 2.27. The van der Waals surface area contributed by atoms with Crippen LogP contribution in [0.25, 0.3) is 0 Å². The smallest absolute Gasteiger partial charge is 0.230 e. The van der Waals surface area contributed by atoms with Crippen molar-refractivity contribution in [2.45, 2.75) is 11.8 Å². The van der Waals surface area contributed by atoms with E-state index in [-0.39, 0.29) is 11.7 Å². The molecule has 0 saturated heterocycles. The lowest BCUT2D eigenvalue weighted by Gasteiger charge is -2.06. The summed E-state index contributed by atoms with van der Waals surface area (Å²) in [7, 11) is 0. The van der Waals surface area contributed by atoms with Gasteiger partial charge in [0.1, 0.15) is 0 Å². The molecule has 98 valence electrons. The highest BCUT2D eigenvalue weighted by atomic mass is 35.5. The number of carbonyl (C=O) groups is 1. The number of halogens is 1. The van der Waals surface area contributed by atoms with E-state index in [0.29, 0.717) is 22.9 Å². The van der Waals surface area contributed by atoms with E-state index >= 15 is 0 Å². The Hall–Kier alpha value is -1.40. The number of hydrogen-bond acceptors (Lipinski definition) is 4. The van der Waals surface area contributed by atoms with Gasteiger partial charge >= 0.3 is 0 Å². The van der Waals surface area contributed by atoms with E-state index in [2.05, 4.69) is 10.5 Å². The molecule has 1 rings (SSSR count). The highest BCUT2D eigenvalue weighted by Gasteiger charge is 2.07. The third-order valence-corrected chi connectivity index (χ3v) is 3.57. The molecule has 1 aromatic carbocycles. The van der Waals surface area contributed by atoms with Gasteiger partial charge in [-0.05, 0) is 25.1 Å². The molecular formula is C11H14ClN3O2S. The molecule has 0 aliphatic rings. The Bertz CT molecular complexity index is 466. The van der Waals surface area contributed by atoms with Crippen LogP contribution in [0.3, 0.4) is 0 Å². The van der Waals surface area contributed by atoms with E-state index in [9.17, 15) is 4.79 Å². The van der Waals surface area contributed by atoms with Crippen molar-refractivity contribution in [3.63, 3.8) is 0 Å². The largest absolute Gasteiger partial charge is 0.409 e. The number of hydrogen-bond donors (Lipinski definition) is 3. The van der Waals surface area contributed by atoms with Crippen LogP contribution in [0.5, 0.6) is 0 Å². The predicted molar refractivity (Wildman–Crippen MR) is 73.4 cm³/mol. The Labute approximate surface area is 114 Å². The van der Waals surface area contributed by atoms with Crippen molar-refractivity contribution < 1.29 is 10.0 Å². The first-order valence-corrected chi connectivity index (χ1v) is 6.61. The second-order valence-corrected chi connectivity index (χ2v) is 4.80. The van der Waals surface area contributed by atoms with Crippen LogP contribution in [0.1, 0.15) is 12.5 Å². The number of amides is 1. The third-order valence-electron chi connectivity index (χ3n) is 2.07. The lowest BCUT2D eigenvalue weighted by atomic mass is 10.2. The summed E-state index contributed by atoms with van der Waals surface area (Å²) in [6.07, 6.45) is 0. The molecule has 0 fully saturated rings. The first-order chi connectivity index (χ1) is 8.58. The third kappa shape index (κ3) is 4.12. The summed E-state index contributed by atoms with van der Waals surface area (Å²) < 4.78 is 0. The molecule has 0 radical (unpaired) electrons. The van der Waals surface area contributed by atoms with E-state index in [1.54, 1.807) is 18.2 Å². The Balaban J connectivity index is 2.71. The van der Waals surface area contributed by atoms with Gasteiger partial charge in [-0.25, -0.2) is 0 Å². The van der Waals surface area contributed by atoms with Crippen molar-refractivity contribution in [1.29, 1.82) is 0 Å². The SMILES string of the molecule is CCNC(=O)CSc1ccc(/C(N)=N/O)cc1Cl. The zero-order chi connectivity index (χ0) is 13.5. The Kier molecular flexibility index (Phi) is 5.80. The van der Waals surface area contributed by atoms with Crippen LogP contribution in [-0.4, -0.2) is 29.2 Å². The number of nitrogens with zero attached hydrogens (tertiary/aromatic N) is 1. The van der Waals surface area contributed by atoms with Crippen molar-refractivity contribution in [2.24, 2.45) is 10.9 Å². The average Bonchev–Trinajstić information content (AvgIpc) is 2.36. The minimum absolute atomic E-state index is 0.00261. The predicted octanol–water partition coefficient (Wildman–Crippen LogP) is 1.66. The molecule has 18 heavy (non-hydrogen) atoms. The fraction of sp³-hybridized carbons (Fsp3) is 0.273. The molecule has 0 bridgehead atoms. The van der Waals surface area contributed by atoms with Crippen molar-refractivity contribution in [3.8, 4) is 0 Å². The maximum absolute atomic E-state index is 11.3. The van der Waals surface area contributed by atoms with Crippen LogP contribution in [0.4, 0.5) is 0 Å². The van der Waals surface area contributed by atoms with Gasteiger partial charge in [0.2, 0.25) is 5.91 Å². The maximum Gasteiger partial charge on any atom is 0.230 e. The zero-order valence-corrected chi connectivity index (χ0v) is 11.4. The molecule has 0 spiro atoms. The number of oxime groups is 1. The van der Waals surface area contributed by atoms with Gasteiger partial charge in [-0.15, -0.1) is 11.8 Å². The first kappa shape index (κ1) is 14.7. The fourth-order valence-electron chi connectivity index (χ4n) is 1.23. The summed E-state index contributed by atoms with van der Waals surface area (Å²) in [5.74, 6) is 0.257. The molecule has 7 heteroatoms. The summed E-state index contributed by atoms with van der Waals surface area (Å²) in [6, 6.07) is 5.01. The second-order valence-electron chi connectivity index (χ2n) is 3.37. The molecular weight excluding hydrogens is 274 g/mol. The van der Waals surface area contributed by atoms with Crippen molar-refractivity contribution in [3.05, 3.63) is 28.8 Å². The van der Waals surface area contributed by atoms with Gasteiger partial charge in [0.05, 0.1) is 10.8 Å². The monoisotopic (exact) mass is 287 g/mol. The number of carbonyl (C=O) groups excluding carboxylic acids is 1. The normalized spacial score (nSPS) is 11.3. The van der Waals surface area contributed by atoms with Crippen LogP contribution in [-0.2, 0) is 4.79 Å². The quantitative estimate of drug-likeness (QED) is 0.253. The number of thioether (sulfide) groups is 1. The molecule has 4 N–H and O–H groups in total. The van der Waals surface area contributed by atoms with E-state index < -0.39 is 0 Å². The van der Waals surface area contributed by atoms with E-state index in [1.807, 2.05) is 6.92 Å². The van der Waals surface area contributed by atoms with Gasteiger partial charge < -0.3 is 16.3 Å². The van der Waals surface area contributed by atoms with E-state index in [0.717, 1.165) is 4.90 Å². The summed E-state index contributed by atoms with van der Waals surface area (Å²) in [5.41, 5.74) is 5.98. The minimum Gasteiger partial charge on any atom is -0.409 e. The Morgan fingerprint density at radius 1 is 1.61 bits per heavy atom. The van der Waals surface area contributed by atoms with Gasteiger partial charge in [0.15, 0.2) is 5.84 Å². The molecule has 0 unspecified atom stereocenters. The Morgan fingerprint density at radius 2 is 2.33 bits per heavy atom. The lowest BCUT2D eigenvalue weighted by Crippen LogP contribution is -2.24. The molecule has 5 nitrogen and oxygen atoms in total. The molecule has 1 aromatic rings. The van der Waals surface area contributed by atoms with Gasteiger partial charge in [0, 0.05) is 17.0 Å². The lowest BCUT2D eigenvalue weighted by molar-refractivity contribution is -0.118. The van der Waals surface area contributed by atoms with E-state index in [4.69, 9.17) is 22.5 Å². The molecule has 0 aromatic heterocycles. The zero-order valence-electron chi connectivity index (χ0n) is 9.81. The van der Waals surface area contributed by atoms with Crippen molar-refractivity contribution in [2.75, 3.05) is 12.3 Å². The summed E-state index contributed by atoms with van der Waals surface area (Å²) in [5, 5.41) is 14.6.